The molecule has 0 saturated carbocycles. The van der Waals surface area contributed by atoms with Crippen LogP contribution < -0.4 is 0 Å². The van der Waals surface area contributed by atoms with E-state index in [1.807, 2.05) is 52.8 Å². The Kier molecular flexibility index (Phi) is 6.43. The van der Waals surface area contributed by atoms with Gasteiger partial charge in [0, 0.05) is 0 Å². The summed E-state index contributed by atoms with van der Waals surface area (Å²) in [7, 11) is 0. The van der Waals surface area contributed by atoms with E-state index in [1.54, 1.807) is 6.07 Å². The van der Waals surface area contributed by atoms with E-state index in [0.717, 1.165) is 5.56 Å². The fourth-order valence-corrected chi connectivity index (χ4v) is 1.08. The van der Waals surface area contributed by atoms with Crippen molar-refractivity contribution in [2.75, 3.05) is 0 Å². The summed E-state index contributed by atoms with van der Waals surface area (Å²) in [6, 6.07) is 7.42. The highest BCUT2D eigenvalue weighted by Gasteiger charge is 2.10. The molecule has 0 unspecified atom stereocenters. The van der Waals surface area contributed by atoms with E-state index in [2.05, 4.69) is 0 Å². The number of ether oxygens (including phenoxy) is 1. The molecule has 2 nitrogen and oxygen atoms in total. The van der Waals surface area contributed by atoms with Gasteiger partial charge in [-0.25, -0.2) is 4.79 Å². The Morgan fingerprint density at radius 3 is 2.20 bits per heavy atom. The molecule has 0 fully saturated rings. The molecule has 84 valence electrons. The maximum absolute atomic E-state index is 11.5. The van der Waals surface area contributed by atoms with Crippen LogP contribution in [-0.4, -0.2) is 12.1 Å². The molecule has 0 N–H and O–H groups in total. The van der Waals surface area contributed by atoms with Crippen LogP contribution in [-0.2, 0) is 4.74 Å². The lowest BCUT2D eigenvalue weighted by Crippen LogP contribution is -2.12. The summed E-state index contributed by atoms with van der Waals surface area (Å²) in [6.07, 6.45) is -0.0629. The number of esters is 1. The van der Waals surface area contributed by atoms with Crippen LogP contribution in [0.4, 0.5) is 0 Å². The first-order valence-corrected chi connectivity index (χ1v) is 5.38. The van der Waals surface area contributed by atoms with Gasteiger partial charge in [-0.15, -0.1) is 0 Å². The van der Waals surface area contributed by atoms with Crippen LogP contribution in [0.1, 0.15) is 43.6 Å². The van der Waals surface area contributed by atoms with Crippen LogP contribution in [0.25, 0.3) is 0 Å². The molecule has 0 aliphatic rings. The summed E-state index contributed by atoms with van der Waals surface area (Å²) in [6.45, 7) is 9.59. The average Bonchev–Trinajstić information content (AvgIpc) is 2.20. The van der Waals surface area contributed by atoms with Crippen molar-refractivity contribution in [1.82, 2.24) is 0 Å². The van der Waals surface area contributed by atoms with Gasteiger partial charge in [0.15, 0.2) is 0 Å². The minimum atomic E-state index is -0.242. The topological polar surface area (TPSA) is 26.3 Å². The van der Waals surface area contributed by atoms with E-state index >= 15 is 0 Å². The zero-order valence-electron chi connectivity index (χ0n) is 10.2. The Morgan fingerprint density at radius 2 is 1.73 bits per heavy atom. The third-order valence-corrected chi connectivity index (χ3v) is 1.71. The first kappa shape index (κ1) is 13.7. The summed E-state index contributed by atoms with van der Waals surface area (Å²) in [5.41, 5.74) is 1.60. The van der Waals surface area contributed by atoms with Gasteiger partial charge in [-0.3, -0.25) is 0 Å². The molecular formula is C13H20O2. The van der Waals surface area contributed by atoms with Crippen LogP contribution in [0.15, 0.2) is 24.3 Å². The number of carbonyl (C=O) groups excluding carboxylic acids is 1. The molecule has 0 aliphatic heterocycles. The normalized spacial score (nSPS) is 9.20. The van der Waals surface area contributed by atoms with Crippen molar-refractivity contribution >= 4 is 5.97 Å². The van der Waals surface area contributed by atoms with Crippen molar-refractivity contribution in [3.63, 3.8) is 0 Å². The second-order valence-electron chi connectivity index (χ2n) is 3.27. The van der Waals surface area contributed by atoms with Gasteiger partial charge < -0.3 is 4.74 Å². The summed E-state index contributed by atoms with van der Waals surface area (Å²) in [4.78, 5) is 11.5. The lowest BCUT2D eigenvalue weighted by atomic mass is 10.1. The second-order valence-corrected chi connectivity index (χ2v) is 3.27. The Labute approximate surface area is 92.3 Å². The number of hydrogen-bond donors (Lipinski definition) is 0. The Morgan fingerprint density at radius 1 is 1.20 bits per heavy atom. The monoisotopic (exact) mass is 208 g/mol. The molecule has 0 atom stereocenters. The van der Waals surface area contributed by atoms with Crippen molar-refractivity contribution in [3.05, 3.63) is 35.4 Å². The number of benzene rings is 1. The van der Waals surface area contributed by atoms with Crippen molar-refractivity contribution in [2.24, 2.45) is 0 Å². The highest BCUT2D eigenvalue weighted by molar-refractivity contribution is 5.91. The lowest BCUT2D eigenvalue weighted by molar-refractivity contribution is 0.0377. The maximum atomic E-state index is 11.5. The molecule has 1 aromatic rings. The van der Waals surface area contributed by atoms with Gasteiger partial charge in [-0.05, 0) is 32.4 Å². The molecule has 0 radical (unpaired) electrons. The molecule has 0 saturated heterocycles. The standard InChI is InChI=1S/C11H14O2.C2H6/c1-8(2)13-11(12)10-7-5-4-6-9(10)3;1-2/h4-8H,1-3H3;1-2H3. The smallest absolute Gasteiger partial charge is 0.338 e. The van der Waals surface area contributed by atoms with E-state index in [0.29, 0.717) is 5.56 Å². The van der Waals surface area contributed by atoms with E-state index in [1.165, 1.54) is 0 Å². The highest BCUT2D eigenvalue weighted by atomic mass is 16.5. The first-order chi connectivity index (χ1) is 7.11. The van der Waals surface area contributed by atoms with Gasteiger partial charge in [0.2, 0.25) is 0 Å². The fraction of sp³-hybridized carbons (Fsp3) is 0.462. The van der Waals surface area contributed by atoms with Crippen molar-refractivity contribution in [3.8, 4) is 0 Å². The van der Waals surface area contributed by atoms with E-state index in [4.69, 9.17) is 4.74 Å². The Hall–Kier alpha value is -1.31. The predicted octanol–water partition coefficient (Wildman–Crippen LogP) is 3.59. The van der Waals surface area contributed by atoms with Gasteiger partial charge in [0.1, 0.15) is 0 Å². The molecule has 0 bridgehead atoms. The van der Waals surface area contributed by atoms with E-state index in [9.17, 15) is 4.79 Å². The number of rotatable bonds is 2. The van der Waals surface area contributed by atoms with Crippen molar-refractivity contribution in [1.29, 1.82) is 0 Å². The van der Waals surface area contributed by atoms with Gasteiger partial charge >= 0.3 is 5.97 Å². The number of carbonyl (C=O) groups is 1. The quantitative estimate of drug-likeness (QED) is 0.694. The molecule has 0 aromatic heterocycles. The van der Waals surface area contributed by atoms with Crippen LogP contribution in [0.3, 0.4) is 0 Å². The predicted molar refractivity (Wildman–Crippen MR) is 63.1 cm³/mol. The number of hydrogen-bond acceptors (Lipinski definition) is 2. The SMILES string of the molecule is CC.Cc1ccccc1C(=O)OC(C)C. The summed E-state index contributed by atoms with van der Waals surface area (Å²) in [5.74, 6) is -0.242. The third kappa shape index (κ3) is 4.63. The summed E-state index contributed by atoms with van der Waals surface area (Å²) >= 11 is 0. The van der Waals surface area contributed by atoms with Crippen molar-refractivity contribution < 1.29 is 9.53 Å². The summed E-state index contributed by atoms with van der Waals surface area (Å²) in [5, 5.41) is 0. The molecule has 0 aliphatic carbocycles. The van der Waals surface area contributed by atoms with Crippen molar-refractivity contribution in [2.45, 2.75) is 40.7 Å². The molecule has 1 rings (SSSR count). The van der Waals surface area contributed by atoms with Crippen LogP contribution in [0.2, 0.25) is 0 Å². The minimum Gasteiger partial charge on any atom is -0.459 e. The van der Waals surface area contributed by atoms with Crippen LogP contribution in [0, 0.1) is 6.92 Å². The first-order valence-electron chi connectivity index (χ1n) is 5.38. The highest BCUT2D eigenvalue weighted by Crippen LogP contribution is 2.09. The molecule has 0 heterocycles. The maximum Gasteiger partial charge on any atom is 0.338 e. The summed E-state index contributed by atoms with van der Waals surface area (Å²) < 4.78 is 5.08. The Bertz CT molecular complexity index is 303. The van der Waals surface area contributed by atoms with E-state index < -0.39 is 0 Å². The average molecular weight is 208 g/mol. The molecule has 15 heavy (non-hydrogen) atoms. The molecular weight excluding hydrogens is 188 g/mol. The largest absolute Gasteiger partial charge is 0.459 e. The lowest BCUT2D eigenvalue weighted by Gasteiger charge is -2.09. The minimum absolute atomic E-state index is 0.0629. The van der Waals surface area contributed by atoms with Crippen LogP contribution >= 0.6 is 0 Å². The zero-order valence-corrected chi connectivity index (χ0v) is 10.2. The fourth-order valence-electron chi connectivity index (χ4n) is 1.08. The van der Waals surface area contributed by atoms with E-state index in [-0.39, 0.29) is 12.1 Å². The molecule has 1 aromatic carbocycles. The third-order valence-electron chi connectivity index (χ3n) is 1.71. The zero-order chi connectivity index (χ0) is 11.8. The van der Waals surface area contributed by atoms with Gasteiger partial charge in [-0.2, -0.15) is 0 Å². The van der Waals surface area contributed by atoms with Gasteiger partial charge in [-0.1, -0.05) is 32.0 Å². The van der Waals surface area contributed by atoms with Gasteiger partial charge in [0.05, 0.1) is 11.7 Å². The van der Waals surface area contributed by atoms with Gasteiger partial charge in [0.25, 0.3) is 0 Å². The molecule has 2 heteroatoms. The van der Waals surface area contributed by atoms with Crippen LogP contribution in [0.5, 0.6) is 0 Å². The Balaban J connectivity index is 0.000000921. The molecule has 0 amide bonds. The molecule has 0 spiro atoms. The second kappa shape index (κ2) is 7.04. The number of aryl methyl sites for hydroxylation is 1.